The number of morpholine rings is 1. The highest BCUT2D eigenvalue weighted by Crippen LogP contribution is 2.27. The van der Waals surface area contributed by atoms with Gasteiger partial charge in [-0.05, 0) is 12.3 Å². The van der Waals surface area contributed by atoms with Crippen LogP contribution in [0.2, 0.25) is 0 Å². The van der Waals surface area contributed by atoms with Crippen molar-refractivity contribution in [1.82, 2.24) is 4.90 Å². The maximum Gasteiger partial charge on any atom is 0.0594 e. The summed E-state index contributed by atoms with van der Waals surface area (Å²) in [5.74, 6) is 0.978. The van der Waals surface area contributed by atoms with E-state index in [1.807, 2.05) is 0 Å². The van der Waals surface area contributed by atoms with Crippen LogP contribution in [-0.4, -0.2) is 31.2 Å². The Morgan fingerprint density at radius 3 is 2.50 bits per heavy atom. The van der Waals surface area contributed by atoms with Gasteiger partial charge in [0.1, 0.15) is 0 Å². The van der Waals surface area contributed by atoms with Crippen molar-refractivity contribution in [3.63, 3.8) is 0 Å². The minimum absolute atomic E-state index is 0.918. The Morgan fingerprint density at radius 1 is 1.07 bits per heavy atom. The van der Waals surface area contributed by atoms with Crippen LogP contribution >= 0.6 is 0 Å². The lowest BCUT2D eigenvalue weighted by Gasteiger charge is -2.29. The molecule has 2 nitrogen and oxygen atoms in total. The summed E-state index contributed by atoms with van der Waals surface area (Å²) in [7, 11) is 0. The highest BCUT2D eigenvalue weighted by molar-refractivity contribution is 4.76. The maximum atomic E-state index is 5.33. The smallest absolute Gasteiger partial charge is 0.0594 e. The second-order valence-corrected chi connectivity index (χ2v) is 4.57. The zero-order valence-electron chi connectivity index (χ0n) is 9.08. The Labute approximate surface area is 87.6 Å². The number of rotatable bonds is 3. The molecule has 2 rings (SSSR count). The van der Waals surface area contributed by atoms with E-state index in [2.05, 4.69) is 11.4 Å². The van der Waals surface area contributed by atoms with Gasteiger partial charge in [-0.2, -0.15) is 0 Å². The van der Waals surface area contributed by atoms with E-state index in [9.17, 15) is 0 Å². The van der Waals surface area contributed by atoms with Crippen molar-refractivity contribution >= 4 is 0 Å². The van der Waals surface area contributed by atoms with E-state index in [0.29, 0.717) is 0 Å². The Morgan fingerprint density at radius 2 is 1.79 bits per heavy atom. The second-order valence-electron chi connectivity index (χ2n) is 4.57. The van der Waals surface area contributed by atoms with Gasteiger partial charge in [0.25, 0.3) is 0 Å². The first-order valence-corrected chi connectivity index (χ1v) is 6.10. The fourth-order valence-electron chi connectivity index (χ4n) is 2.48. The lowest BCUT2D eigenvalue weighted by Crippen LogP contribution is -2.34. The van der Waals surface area contributed by atoms with Crippen LogP contribution in [0.25, 0.3) is 0 Å². The number of hydrogen-bond acceptors (Lipinski definition) is 2. The fraction of sp³-hybridized carbons (Fsp3) is 0.917. The van der Waals surface area contributed by atoms with Crippen molar-refractivity contribution in [2.75, 3.05) is 26.3 Å². The van der Waals surface area contributed by atoms with Crippen LogP contribution in [0.1, 0.15) is 38.5 Å². The Hall–Kier alpha value is -0.0800. The van der Waals surface area contributed by atoms with Crippen molar-refractivity contribution in [3.05, 3.63) is 6.54 Å². The summed E-state index contributed by atoms with van der Waals surface area (Å²) in [4.78, 5) is 2.44. The lowest BCUT2D eigenvalue weighted by atomic mass is 9.87. The van der Waals surface area contributed by atoms with Gasteiger partial charge in [0.05, 0.1) is 13.2 Å². The van der Waals surface area contributed by atoms with Crippen molar-refractivity contribution in [2.45, 2.75) is 38.5 Å². The largest absolute Gasteiger partial charge is 0.379 e. The molecule has 1 saturated carbocycles. The molecule has 0 spiro atoms. The molecule has 0 unspecified atom stereocenters. The molecule has 0 N–H and O–H groups in total. The molecule has 0 aromatic carbocycles. The Bertz CT molecular complexity index is 130. The van der Waals surface area contributed by atoms with Crippen LogP contribution in [0.5, 0.6) is 0 Å². The molecule has 0 atom stereocenters. The summed E-state index contributed by atoms with van der Waals surface area (Å²) in [5, 5.41) is 0. The first kappa shape index (κ1) is 10.4. The van der Waals surface area contributed by atoms with Gasteiger partial charge >= 0.3 is 0 Å². The van der Waals surface area contributed by atoms with E-state index in [1.54, 1.807) is 0 Å². The normalized spacial score (nSPS) is 26.6. The standard InChI is InChI=1S/C12H22NO/c1-2-4-12(5-3-1)6-7-13-8-10-14-11-9-13/h7,12H,1-6,8-11H2. The van der Waals surface area contributed by atoms with Crippen LogP contribution in [-0.2, 0) is 4.74 Å². The minimum atomic E-state index is 0.918. The molecular weight excluding hydrogens is 174 g/mol. The van der Waals surface area contributed by atoms with E-state index in [-0.39, 0.29) is 0 Å². The van der Waals surface area contributed by atoms with E-state index < -0.39 is 0 Å². The van der Waals surface area contributed by atoms with E-state index in [0.717, 1.165) is 32.2 Å². The summed E-state index contributed by atoms with van der Waals surface area (Å²) < 4.78 is 5.33. The van der Waals surface area contributed by atoms with Crippen LogP contribution in [0.15, 0.2) is 0 Å². The first-order valence-electron chi connectivity index (χ1n) is 6.10. The predicted molar refractivity (Wildman–Crippen MR) is 57.9 cm³/mol. The van der Waals surface area contributed by atoms with Crippen LogP contribution < -0.4 is 0 Å². The van der Waals surface area contributed by atoms with Gasteiger partial charge in [-0.15, -0.1) is 0 Å². The van der Waals surface area contributed by atoms with Crippen LogP contribution in [0.4, 0.5) is 0 Å². The van der Waals surface area contributed by atoms with Gasteiger partial charge in [0.15, 0.2) is 0 Å². The average Bonchev–Trinajstić information content (AvgIpc) is 2.29. The van der Waals surface area contributed by atoms with Crippen molar-refractivity contribution in [3.8, 4) is 0 Å². The molecule has 0 aromatic rings. The minimum Gasteiger partial charge on any atom is -0.379 e. The third-order valence-electron chi connectivity index (χ3n) is 3.47. The molecule has 14 heavy (non-hydrogen) atoms. The number of nitrogens with zero attached hydrogens (tertiary/aromatic N) is 1. The molecular formula is C12H22NO. The summed E-state index contributed by atoms with van der Waals surface area (Å²) in [6.45, 7) is 6.47. The van der Waals surface area contributed by atoms with Crippen molar-refractivity contribution in [2.24, 2.45) is 5.92 Å². The number of ether oxygens (including phenoxy) is 1. The molecule has 81 valence electrons. The molecule has 0 aromatic heterocycles. The fourth-order valence-corrected chi connectivity index (χ4v) is 2.48. The second kappa shape index (κ2) is 5.72. The maximum absolute atomic E-state index is 5.33. The average molecular weight is 196 g/mol. The van der Waals surface area contributed by atoms with Crippen LogP contribution in [0.3, 0.4) is 0 Å². The van der Waals surface area contributed by atoms with Gasteiger partial charge in [-0.25, -0.2) is 0 Å². The topological polar surface area (TPSA) is 12.5 Å². The SMILES string of the molecule is [CH](CC1CCCCC1)N1CCOCC1. The Kier molecular flexibility index (Phi) is 4.26. The van der Waals surface area contributed by atoms with Gasteiger partial charge in [-0.1, -0.05) is 32.1 Å². The van der Waals surface area contributed by atoms with E-state index in [1.165, 1.54) is 38.5 Å². The van der Waals surface area contributed by atoms with Crippen LogP contribution in [0, 0.1) is 12.5 Å². The molecule has 1 saturated heterocycles. The quantitative estimate of drug-likeness (QED) is 0.687. The Balaban J connectivity index is 1.60. The predicted octanol–water partition coefficient (Wildman–Crippen LogP) is 2.45. The number of hydrogen-bond donors (Lipinski definition) is 0. The summed E-state index contributed by atoms with van der Waals surface area (Å²) in [5.41, 5.74) is 0. The highest BCUT2D eigenvalue weighted by Gasteiger charge is 2.16. The summed E-state index contributed by atoms with van der Waals surface area (Å²) in [6, 6.07) is 0. The van der Waals surface area contributed by atoms with Crippen molar-refractivity contribution in [1.29, 1.82) is 0 Å². The molecule has 1 heterocycles. The molecule has 0 bridgehead atoms. The van der Waals surface area contributed by atoms with E-state index in [4.69, 9.17) is 4.74 Å². The molecule has 1 aliphatic carbocycles. The van der Waals surface area contributed by atoms with Gasteiger partial charge < -0.3 is 4.74 Å². The molecule has 2 heteroatoms. The molecule has 2 aliphatic rings. The zero-order valence-corrected chi connectivity index (χ0v) is 9.08. The molecule has 0 amide bonds. The third-order valence-corrected chi connectivity index (χ3v) is 3.47. The van der Waals surface area contributed by atoms with Gasteiger partial charge in [0, 0.05) is 19.6 Å². The third kappa shape index (κ3) is 3.25. The van der Waals surface area contributed by atoms with Crippen molar-refractivity contribution < 1.29 is 4.74 Å². The lowest BCUT2D eigenvalue weighted by molar-refractivity contribution is 0.0482. The summed E-state index contributed by atoms with van der Waals surface area (Å²) in [6.07, 6.45) is 8.61. The van der Waals surface area contributed by atoms with Gasteiger partial charge in [-0.3, -0.25) is 4.90 Å². The zero-order chi connectivity index (χ0) is 9.64. The molecule has 1 aliphatic heterocycles. The highest BCUT2D eigenvalue weighted by atomic mass is 16.5. The van der Waals surface area contributed by atoms with E-state index >= 15 is 0 Å². The summed E-state index contributed by atoms with van der Waals surface area (Å²) >= 11 is 0. The molecule has 1 radical (unpaired) electrons. The monoisotopic (exact) mass is 196 g/mol. The first-order chi connectivity index (χ1) is 6.95. The molecule has 2 fully saturated rings. The van der Waals surface area contributed by atoms with Gasteiger partial charge in [0.2, 0.25) is 0 Å².